The van der Waals surface area contributed by atoms with Crippen LogP contribution in [0.5, 0.6) is 0 Å². The molecule has 0 bridgehead atoms. The summed E-state index contributed by atoms with van der Waals surface area (Å²) in [4.78, 5) is 3.62. The van der Waals surface area contributed by atoms with Crippen molar-refractivity contribution in [3.63, 3.8) is 0 Å². The molecule has 0 saturated carbocycles. The lowest BCUT2D eigenvalue weighted by Crippen LogP contribution is -2.43. The highest BCUT2D eigenvalue weighted by Crippen LogP contribution is 1.97. The molecule has 0 aliphatic heterocycles. The van der Waals surface area contributed by atoms with Crippen molar-refractivity contribution in [3.05, 3.63) is 12.7 Å². The van der Waals surface area contributed by atoms with Gasteiger partial charge in [-0.25, -0.2) is 16.8 Å². The summed E-state index contributed by atoms with van der Waals surface area (Å²) in [6.07, 6.45) is 3.38. The number of unbranched alkanes of at least 4 members (excludes halogenated alkanes) is 2. The summed E-state index contributed by atoms with van der Waals surface area (Å²) < 4.78 is 44.8. The van der Waals surface area contributed by atoms with Gasteiger partial charge in [-0.2, -0.15) is 0 Å². The van der Waals surface area contributed by atoms with Crippen molar-refractivity contribution in [2.45, 2.75) is 26.2 Å². The van der Waals surface area contributed by atoms with Crippen LogP contribution in [-0.4, -0.2) is 28.3 Å². The minimum atomic E-state index is -3.65. The van der Waals surface area contributed by atoms with E-state index in [1.807, 2.05) is 11.8 Å². The SMILES string of the molecule is C=CCS(=O)(=O)NNS(=O)(=O)CCCCC. The molecule has 0 saturated heterocycles. The van der Waals surface area contributed by atoms with Gasteiger partial charge in [0.15, 0.2) is 0 Å². The molecule has 0 aliphatic carbocycles. The van der Waals surface area contributed by atoms with E-state index in [2.05, 4.69) is 6.58 Å². The van der Waals surface area contributed by atoms with Crippen LogP contribution in [0.1, 0.15) is 26.2 Å². The average molecular weight is 270 g/mol. The first-order chi connectivity index (χ1) is 7.33. The summed E-state index contributed by atoms with van der Waals surface area (Å²) in [5, 5.41) is 0. The first-order valence-corrected chi connectivity index (χ1v) is 8.23. The lowest BCUT2D eigenvalue weighted by molar-refractivity contribution is 0.556. The fraction of sp³-hybridized carbons (Fsp3) is 0.750. The maximum atomic E-state index is 11.3. The maximum Gasteiger partial charge on any atom is 0.228 e. The Bertz CT molecular complexity index is 400. The summed E-state index contributed by atoms with van der Waals surface area (Å²) in [6, 6.07) is 0. The van der Waals surface area contributed by atoms with Gasteiger partial charge in [0.1, 0.15) is 0 Å². The smallest absolute Gasteiger partial charge is 0.211 e. The molecule has 2 N–H and O–H groups in total. The zero-order chi connectivity index (χ0) is 12.7. The zero-order valence-corrected chi connectivity index (χ0v) is 10.9. The third-order valence-corrected chi connectivity index (χ3v) is 4.16. The van der Waals surface area contributed by atoms with Gasteiger partial charge in [0.05, 0.1) is 11.5 Å². The van der Waals surface area contributed by atoms with Gasteiger partial charge >= 0.3 is 0 Å². The molecule has 0 spiro atoms. The van der Waals surface area contributed by atoms with Crippen LogP contribution >= 0.6 is 0 Å². The fourth-order valence-electron chi connectivity index (χ4n) is 0.917. The van der Waals surface area contributed by atoms with Crippen LogP contribution in [-0.2, 0) is 20.0 Å². The normalized spacial score (nSPS) is 12.6. The van der Waals surface area contributed by atoms with Crippen molar-refractivity contribution in [1.82, 2.24) is 9.66 Å². The number of sulfonamides is 2. The third-order valence-electron chi connectivity index (χ3n) is 1.71. The highest BCUT2D eigenvalue weighted by Gasteiger charge is 2.13. The van der Waals surface area contributed by atoms with Crippen molar-refractivity contribution < 1.29 is 16.8 Å². The maximum absolute atomic E-state index is 11.3. The Kier molecular flexibility index (Phi) is 6.81. The molecule has 8 heteroatoms. The topological polar surface area (TPSA) is 92.3 Å². The Morgan fingerprint density at radius 2 is 1.62 bits per heavy atom. The molecular weight excluding hydrogens is 252 g/mol. The highest BCUT2D eigenvalue weighted by atomic mass is 32.2. The lowest BCUT2D eigenvalue weighted by Gasteiger charge is -2.07. The van der Waals surface area contributed by atoms with Crippen molar-refractivity contribution in [2.24, 2.45) is 0 Å². The Balaban J connectivity index is 4.14. The predicted molar refractivity (Wildman–Crippen MR) is 63.6 cm³/mol. The number of hydrogen-bond donors (Lipinski definition) is 2. The molecule has 0 rings (SSSR count). The quantitative estimate of drug-likeness (QED) is 0.353. The van der Waals surface area contributed by atoms with E-state index in [9.17, 15) is 16.8 Å². The van der Waals surface area contributed by atoms with Crippen molar-refractivity contribution in [1.29, 1.82) is 0 Å². The van der Waals surface area contributed by atoms with E-state index in [0.717, 1.165) is 12.8 Å². The first kappa shape index (κ1) is 15.6. The standard InChI is InChI=1S/C8H18N2O4S2/c1-3-5-6-8-16(13,14)10-9-15(11,12)7-4-2/h4,9-10H,2-3,5-8H2,1H3. The monoisotopic (exact) mass is 270 g/mol. The van der Waals surface area contributed by atoms with Gasteiger partial charge in [-0.3, -0.25) is 0 Å². The zero-order valence-electron chi connectivity index (χ0n) is 9.27. The van der Waals surface area contributed by atoms with Crippen molar-refractivity contribution in [2.75, 3.05) is 11.5 Å². The van der Waals surface area contributed by atoms with Gasteiger partial charge in [0.2, 0.25) is 20.0 Å². The van der Waals surface area contributed by atoms with E-state index in [4.69, 9.17) is 0 Å². The van der Waals surface area contributed by atoms with Gasteiger partial charge < -0.3 is 0 Å². The molecule has 0 heterocycles. The van der Waals surface area contributed by atoms with Crippen molar-refractivity contribution in [3.8, 4) is 0 Å². The van der Waals surface area contributed by atoms with Crippen LogP contribution in [0.15, 0.2) is 12.7 Å². The fourth-order valence-corrected chi connectivity index (χ4v) is 3.01. The van der Waals surface area contributed by atoms with E-state index >= 15 is 0 Å². The molecule has 0 amide bonds. The first-order valence-electron chi connectivity index (χ1n) is 4.93. The highest BCUT2D eigenvalue weighted by molar-refractivity contribution is 7.92. The lowest BCUT2D eigenvalue weighted by atomic mass is 10.3. The van der Waals surface area contributed by atoms with Gasteiger partial charge in [0, 0.05) is 0 Å². The van der Waals surface area contributed by atoms with Gasteiger partial charge in [-0.1, -0.05) is 25.8 Å². The molecule has 16 heavy (non-hydrogen) atoms. The molecule has 0 aliphatic rings. The van der Waals surface area contributed by atoms with E-state index in [-0.39, 0.29) is 11.5 Å². The molecule has 0 radical (unpaired) electrons. The number of hydrogen-bond acceptors (Lipinski definition) is 4. The second kappa shape index (κ2) is 7.00. The van der Waals surface area contributed by atoms with Crippen LogP contribution in [0.2, 0.25) is 0 Å². The summed E-state index contributed by atoms with van der Waals surface area (Å²) in [7, 11) is -7.23. The second-order valence-corrected chi connectivity index (χ2v) is 6.91. The Morgan fingerprint density at radius 3 is 2.12 bits per heavy atom. The molecule has 0 atom stereocenters. The van der Waals surface area contributed by atoms with E-state index in [1.165, 1.54) is 6.08 Å². The summed E-state index contributed by atoms with van der Waals surface area (Å²) in [5.74, 6) is -0.415. The van der Waals surface area contributed by atoms with Crippen LogP contribution in [0, 0.1) is 0 Å². The molecule has 0 unspecified atom stereocenters. The Hall–Kier alpha value is -0.440. The summed E-state index contributed by atoms with van der Waals surface area (Å²) in [6.45, 7) is 5.21. The van der Waals surface area contributed by atoms with E-state index < -0.39 is 20.0 Å². The average Bonchev–Trinajstić information content (AvgIpc) is 2.16. The number of hydrazine groups is 1. The molecule has 0 aromatic rings. The number of rotatable bonds is 9. The summed E-state index contributed by atoms with van der Waals surface area (Å²) >= 11 is 0. The molecular formula is C8H18N2O4S2. The summed E-state index contributed by atoms with van der Waals surface area (Å²) in [5.41, 5.74) is 0. The second-order valence-electron chi connectivity index (χ2n) is 3.30. The largest absolute Gasteiger partial charge is 0.228 e. The van der Waals surface area contributed by atoms with Gasteiger partial charge in [0.25, 0.3) is 0 Å². The molecule has 0 aromatic carbocycles. The molecule has 96 valence electrons. The van der Waals surface area contributed by atoms with Gasteiger partial charge in [-0.05, 0) is 6.42 Å². The molecule has 0 fully saturated rings. The van der Waals surface area contributed by atoms with Gasteiger partial charge in [-0.15, -0.1) is 16.2 Å². The Labute approximate surface area is 97.2 Å². The molecule has 0 aromatic heterocycles. The van der Waals surface area contributed by atoms with E-state index in [1.54, 1.807) is 4.83 Å². The van der Waals surface area contributed by atoms with Crippen molar-refractivity contribution >= 4 is 20.0 Å². The molecule has 6 nitrogen and oxygen atoms in total. The number of nitrogens with one attached hydrogen (secondary N) is 2. The van der Waals surface area contributed by atoms with Crippen LogP contribution in [0.4, 0.5) is 0 Å². The predicted octanol–water partition coefficient (Wildman–Crippen LogP) is 0.116. The van der Waals surface area contributed by atoms with Crippen LogP contribution in [0.25, 0.3) is 0 Å². The van der Waals surface area contributed by atoms with Crippen LogP contribution < -0.4 is 9.66 Å². The minimum absolute atomic E-state index is 0.0859. The minimum Gasteiger partial charge on any atom is -0.211 e. The Morgan fingerprint density at radius 1 is 1.06 bits per heavy atom. The van der Waals surface area contributed by atoms with E-state index in [0.29, 0.717) is 6.42 Å². The van der Waals surface area contributed by atoms with Crippen LogP contribution in [0.3, 0.4) is 0 Å². The third kappa shape index (κ3) is 7.80.